The van der Waals surface area contributed by atoms with Crippen LogP contribution < -0.4 is 11.5 Å². The molecule has 0 spiro atoms. The maximum absolute atomic E-state index is 8.16. The maximum atomic E-state index is 8.16. The van der Waals surface area contributed by atoms with E-state index in [1.807, 2.05) is 20.8 Å². The number of rotatable bonds is 3. The van der Waals surface area contributed by atoms with E-state index in [0.717, 1.165) is 6.42 Å². The molecule has 0 unspecified atom stereocenters. The predicted molar refractivity (Wildman–Crippen MR) is 93.6 cm³/mol. The van der Waals surface area contributed by atoms with Gasteiger partial charge in [0.05, 0.1) is 0 Å². The minimum absolute atomic E-state index is 0. The molecule has 0 aliphatic heterocycles. The van der Waals surface area contributed by atoms with Crippen molar-refractivity contribution in [1.82, 2.24) is 0 Å². The van der Waals surface area contributed by atoms with Gasteiger partial charge in [0.2, 0.25) is 0 Å². The van der Waals surface area contributed by atoms with Crippen molar-refractivity contribution in [3.63, 3.8) is 0 Å². The minimum Gasteiger partial charge on any atom is -0.409 e. The van der Waals surface area contributed by atoms with E-state index in [9.17, 15) is 0 Å². The number of oxime groups is 2. The molecule has 0 aromatic rings. The number of nitrogens with two attached hydrogens (primary N) is 2. The van der Waals surface area contributed by atoms with Crippen LogP contribution in [0.3, 0.4) is 0 Å². The van der Waals surface area contributed by atoms with Crippen molar-refractivity contribution in [2.24, 2.45) is 32.6 Å². The Balaban J connectivity index is -0.000000126. The molecule has 21 heavy (non-hydrogen) atoms. The SMILES string of the molecule is C.C.CC(C)(C)C/C(N)=N/O.CO/N=C(\N)CC(C)(C)C. The zero-order valence-corrected chi connectivity index (χ0v) is 13.3. The normalized spacial score (nSPS) is 12.3. The van der Waals surface area contributed by atoms with Crippen molar-refractivity contribution in [3.8, 4) is 0 Å². The van der Waals surface area contributed by atoms with Gasteiger partial charge in [-0.05, 0) is 10.8 Å². The van der Waals surface area contributed by atoms with E-state index >= 15 is 0 Å². The van der Waals surface area contributed by atoms with Crippen LogP contribution in [0.25, 0.3) is 0 Å². The van der Waals surface area contributed by atoms with Crippen LogP contribution in [0.2, 0.25) is 0 Å². The minimum atomic E-state index is 0. The highest BCUT2D eigenvalue weighted by molar-refractivity contribution is 5.80. The van der Waals surface area contributed by atoms with Crippen LogP contribution in [0.1, 0.15) is 69.2 Å². The van der Waals surface area contributed by atoms with Crippen LogP contribution in [0.15, 0.2) is 10.3 Å². The lowest BCUT2D eigenvalue weighted by Crippen LogP contribution is -2.20. The second-order valence-electron chi connectivity index (χ2n) is 6.83. The molecular formula is C15H38N4O2. The summed E-state index contributed by atoms with van der Waals surface area (Å²) in [5, 5.41) is 14.6. The lowest BCUT2D eigenvalue weighted by atomic mass is 9.92. The highest BCUT2D eigenvalue weighted by Gasteiger charge is 2.12. The molecule has 0 saturated carbocycles. The third-order valence-electron chi connectivity index (χ3n) is 1.76. The van der Waals surface area contributed by atoms with E-state index in [1.165, 1.54) is 7.11 Å². The van der Waals surface area contributed by atoms with Crippen molar-refractivity contribution in [2.45, 2.75) is 69.2 Å². The van der Waals surface area contributed by atoms with Crippen LogP contribution in [-0.4, -0.2) is 24.0 Å². The quantitative estimate of drug-likeness (QED) is 0.319. The van der Waals surface area contributed by atoms with Gasteiger partial charge in [0, 0.05) is 12.8 Å². The summed E-state index contributed by atoms with van der Waals surface area (Å²) >= 11 is 0. The Kier molecular flexibility index (Phi) is 16.3. The zero-order valence-electron chi connectivity index (χ0n) is 13.3. The standard InChI is InChI=1S/C7H16N2O.C6H14N2O.2CH4/c1-7(2,3)5-6(8)9-10-4;1-6(2,3)4-5(7)8-9;;/h5H2,1-4H3,(H2,8,9);9H,4H2,1-3H3,(H2,7,8);2*1H4. The van der Waals surface area contributed by atoms with Crippen LogP contribution in [0.5, 0.6) is 0 Å². The summed E-state index contributed by atoms with van der Waals surface area (Å²) in [7, 11) is 1.50. The second-order valence-corrected chi connectivity index (χ2v) is 6.83. The highest BCUT2D eigenvalue weighted by Crippen LogP contribution is 2.18. The van der Waals surface area contributed by atoms with Crippen molar-refractivity contribution in [3.05, 3.63) is 0 Å². The molecule has 0 rings (SSSR count). The second kappa shape index (κ2) is 12.3. The summed E-state index contributed by atoms with van der Waals surface area (Å²) in [6, 6.07) is 0. The Bertz CT molecular complexity index is 300. The van der Waals surface area contributed by atoms with Crippen LogP contribution in [0, 0.1) is 10.8 Å². The van der Waals surface area contributed by atoms with Crippen molar-refractivity contribution in [1.29, 1.82) is 0 Å². The molecule has 5 N–H and O–H groups in total. The predicted octanol–water partition coefficient (Wildman–Crippen LogP) is 3.78. The summed E-state index contributed by atoms with van der Waals surface area (Å²) in [6.45, 7) is 12.4. The van der Waals surface area contributed by atoms with Gasteiger partial charge in [-0.1, -0.05) is 66.7 Å². The van der Waals surface area contributed by atoms with Gasteiger partial charge < -0.3 is 21.5 Å². The van der Waals surface area contributed by atoms with Gasteiger partial charge in [-0.3, -0.25) is 0 Å². The summed E-state index contributed by atoms with van der Waals surface area (Å²) in [6.07, 6.45) is 1.39. The molecular weight excluding hydrogens is 268 g/mol. The summed E-state index contributed by atoms with van der Waals surface area (Å²) in [5.74, 6) is 0.845. The smallest absolute Gasteiger partial charge is 0.139 e. The summed E-state index contributed by atoms with van der Waals surface area (Å²) in [4.78, 5) is 4.51. The number of amidine groups is 2. The molecule has 6 nitrogen and oxygen atoms in total. The van der Waals surface area contributed by atoms with Crippen molar-refractivity contribution < 1.29 is 10.0 Å². The molecule has 0 bridgehead atoms. The average Bonchev–Trinajstić information content (AvgIpc) is 2.13. The molecule has 0 aromatic heterocycles. The fourth-order valence-electron chi connectivity index (χ4n) is 1.27. The number of hydrogen-bond donors (Lipinski definition) is 3. The van der Waals surface area contributed by atoms with E-state index in [0.29, 0.717) is 18.1 Å². The van der Waals surface area contributed by atoms with E-state index in [2.05, 4.69) is 35.9 Å². The Morgan fingerprint density at radius 2 is 1.24 bits per heavy atom. The maximum Gasteiger partial charge on any atom is 0.139 e. The first-order valence-corrected chi connectivity index (χ1v) is 6.23. The first kappa shape index (κ1) is 27.8. The fraction of sp³-hybridized carbons (Fsp3) is 0.867. The zero-order chi connectivity index (χ0) is 15.7. The van der Waals surface area contributed by atoms with Gasteiger partial charge in [-0.2, -0.15) is 0 Å². The summed E-state index contributed by atoms with van der Waals surface area (Å²) < 4.78 is 0. The largest absolute Gasteiger partial charge is 0.409 e. The Morgan fingerprint density at radius 1 is 0.905 bits per heavy atom. The number of hydrogen-bond acceptors (Lipinski definition) is 4. The van der Waals surface area contributed by atoms with Crippen LogP contribution >= 0.6 is 0 Å². The van der Waals surface area contributed by atoms with E-state index in [1.54, 1.807) is 0 Å². The molecule has 0 amide bonds. The van der Waals surface area contributed by atoms with Crippen LogP contribution in [-0.2, 0) is 4.84 Å². The Morgan fingerprint density at radius 3 is 1.43 bits per heavy atom. The number of nitrogens with zero attached hydrogens (tertiary/aromatic N) is 2. The summed E-state index contributed by atoms with van der Waals surface area (Å²) in [5.41, 5.74) is 11.0. The molecule has 0 radical (unpaired) electrons. The topological polar surface area (TPSA) is 106 Å². The molecule has 0 aromatic carbocycles. The van der Waals surface area contributed by atoms with Gasteiger partial charge in [-0.25, -0.2) is 0 Å². The fourth-order valence-corrected chi connectivity index (χ4v) is 1.27. The molecule has 0 fully saturated rings. The van der Waals surface area contributed by atoms with E-state index < -0.39 is 0 Å². The highest BCUT2D eigenvalue weighted by atomic mass is 16.6. The van der Waals surface area contributed by atoms with E-state index in [4.69, 9.17) is 16.7 Å². The first-order valence-electron chi connectivity index (χ1n) is 6.23. The lowest BCUT2D eigenvalue weighted by Gasteiger charge is -2.16. The first-order chi connectivity index (χ1) is 8.41. The van der Waals surface area contributed by atoms with Gasteiger partial charge >= 0.3 is 0 Å². The Labute approximate surface area is 131 Å². The average molecular weight is 306 g/mol. The van der Waals surface area contributed by atoms with Crippen LogP contribution in [0.4, 0.5) is 0 Å². The third-order valence-corrected chi connectivity index (χ3v) is 1.76. The molecule has 130 valence electrons. The van der Waals surface area contributed by atoms with Gasteiger partial charge in [0.1, 0.15) is 18.8 Å². The molecule has 0 heterocycles. The molecule has 6 heteroatoms. The van der Waals surface area contributed by atoms with Gasteiger partial charge in [0.15, 0.2) is 0 Å². The van der Waals surface area contributed by atoms with Crippen molar-refractivity contribution >= 4 is 11.7 Å². The van der Waals surface area contributed by atoms with E-state index in [-0.39, 0.29) is 25.7 Å². The van der Waals surface area contributed by atoms with Gasteiger partial charge in [0.25, 0.3) is 0 Å². The van der Waals surface area contributed by atoms with Crippen molar-refractivity contribution in [2.75, 3.05) is 7.11 Å². The molecule has 0 saturated heterocycles. The Hall–Kier alpha value is -1.46. The monoisotopic (exact) mass is 306 g/mol. The van der Waals surface area contributed by atoms with Gasteiger partial charge in [-0.15, -0.1) is 0 Å². The lowest BCUT2D eigenvalue weighted by molar-refractivity contribution is 0.210. The molecule has 0 atom stereocenters. The third kappa shape index (κ3) is 27.7. The molecule has 0 aliphatic carbocycles. The molecule has 0 aliphatic rings.